The molecule has 0 bridgehead atoms. The summed E-state index contributed by atoms with van der Waals surface area (Å²) in [5.41, 5.74) is 3.57. The molecule has 0 radical (unpaired) electrons. The van der Waals surface area contributed by atoms with Crippen LogP contribution in [0.2, 0.25) is 0 Å². The van der Waals surface area contributed by atoms with Crippen molar-refractivity contribution in [3.05, 3.63) is 56.5 Å². The molecule has 0 aliphatic heterocycles. The van der Waals surface area contributed by atoms with Crippen LogP contribution in [0.5, 0.6) is 0 Å². The average molecular weight is 466 g/mol. The lowest BCUT2D eigenvalue weighted by Gasteiger charge is -2.39. The van der Waals surface area contributed by atoms with Crippen molar-refractivity contribution >= 4 is 31.9 Å². The number of hydrogen-bond acceptors (Lipinski definition) is 0. The molecule has 0 N–H and O–H groups in total. The summed E-state index contributed by atoms with van der Waals surface area (Å²) in [6, 6.07) is 7.01. The Bertz CT molecular complexity index is 713. The van der Waals surface area contributed by atoms with Crippen LogP contribution in [0.1, 0.15) is 70.9 Å². The Balaban J connectivity index is 2.26. The van der Waals surface area contributed by atoms with Gasteiger partial charge in [-0.25, -0.2) is 0 Å². The van der Waals surface area contributed by atoms with Crippen molar-refractivity contribution < 1.29 is 0 Å². The Hall–Kier alpha value is -0.340. The molecule has 4 unspecified atom stereocenters. The second-order valence-electron chi connectivity index (χ2n) is 9.92. The maximum absolute atomic E-state index is 3.74. The van der Waals surface area contributed by atoms with E-state index in [2.05, 4.69) is 110 Å². The van der Waals surface area contributed by atoms with E-state index in [1.54, 1.807) is 11.1 Å². The summed E-state index contributed by atoms with van der Waals surface area (Å²) in [7, 11) is 0. The highest BCUT2D eigenvalue weighted by Crippen LogP contribution is 2.56. The third kappa shape index (κ3) is 3.86. The number of allylic oxidation sites excluding steroid dienone is 4. The summed E-state index contributed by atoms with van der Waals surface area (Å²) in [5.74, 6) is 2.23. The van der Waals surface area contributed by atoms with Crippen LogP contribution in [-0.4, -0.2) is 0 Å². The van der Waals surface area contributed by atoms with E-state index in [1.165, 1.54) is 15.4 Å². The fourth-order valence-corrected chi connectivity index (χ4v) is 5.77. The second kappa shape index (κ2) is 6.68. The van der Waals surface area contributed by atoms with Gasteiger partial charge in [0.2, 0.25) is 0 Å². The number of fused-ring (bicyclic) bond motifs is 2. The van der Waals surface area contributed by atoms with E-state index in [4.69, 9.17) is 0 Å². The van der Waals surface area contributed by atoms with Crippen LogP contribution >= 0.6 is 31.9 Å². The minimum atomic E-state index is 0.216. The minimum absolute atomic E-state index is 0.216. The Morgan fingerprint density at radius 2 is 1.60 bits per heavy atom. The average Bonchev–Trinajstić information content (AvgIpc) is 2.59. The lowest BCUT2D eigenvalue weighted by molar-refractivity contribution is 0.216. The molecule has 1 aromatic carbocycles. The Morgan fingerprint density at radius 1 is 0.920 bits per heavy atom. The van der Waals surface area contributed by atoms with Gasteiger partial charge in [0.05, 0.1) is 0 Å². The van der Waals surface area contributed by atoms with Gasteiger partial charge in [-0.2, -0.15) is 0 Å². The number of halogens is 2. The van der Waals surface area contributed by atoms with Gasteiger partial charge in [0.15, 0.2) is 0 Å². The zero-order valence-electron chi connectivity index (χ0n) is 16.2. The van der Waals surface area contributed by atoms with Crippen LogP contribution in [0.3, 0.4) is 0 Å². The summed E-state index contributed by atoms with van der Waals surface area (Å²) < 4.78 is 2.43. The van der Waals surface area contributed by atoms with Crippen LogP contribution < -0.4 is 0 Å². The molecule has 2 aliphatic rings. The van der Waals surface area contributed by atoms with Gasteiger partial charge in [0.1, 0.15) is 0 Å². The van der Waals surface area contributed by atoms with Gasteiger partial charge >= 0.3 is 0 Å². The van der Waals surface area contributed by atoms with E-state index in [0.717, 1.165) is 0 Å². The van der Waals surface area contributed by atoms with Crippen molar-refractivity contribution in [1.82, 2.24) is 0 Å². The second-order valence-corrected chi connectivity index (χ2v) is 11.8. The first-order valence-electron chi connectivity index (χ1n) is 9.33. The zero-order valence-corrected chi connectivity index (χ0v) is 19.4. The van der Waals surface area contributed by atoms with Crippen molar-refractivity contribution in [3.63, 3.8) is 0 Å². The fraction of sp³-hybridized carbons (Fsp3) is 0.565. The predicted molar refractivity (Wildman–Crippen MR) is 116 cm³/mol. The van der Waals surface area contributed by atoms with E-state index < -0.39 is 0 Å². The van der Waals surface area contributed by atoms with Crippen LogP contribution in [-0.2, 0) is 0 Å². The van der Waals surface area contributed by atoms with Gasteiger partial charge in [-0.1, -0.05) is 97.7 Å². The minimum Gasteiger partial charge on any atom is -0.0791 e. The lowest BCUT2D eigenvalue weighted by Crippen LogP contribution is -2.29. The molecule has 3 rings (SSSR count). The third-order valence-electron chi connectivity index (χ3n) is 5.98. The third-order valence-corrected chi connectivity index (χ3v) is 7.00. The molecule has 0 saturated heterocycles. The topological polar surface area (TPSA) is 0 Å². The van der Waals surface area contributed by atoms with Gasteiger partial charge in [0.25, 0.3) is 0 Å². The highest BCUT2D eigenvalue weighted by molar-refractivity contribution is 9.12. The van der Waals surface area contributed by atoms with E-state index in [0.29, 0.717) is 23.7 Å². The summed E-state index contributed by atoms with van der Waals surface area (Å²) >= 11 is 7.47. The molecular weight excluding hydrogens is 436 g/mol. The zero-order chi connectivity index (χ0) is 18.6. The maximum Gasteiger partial charge on any atom is 0.0178 e. The molecule has 0 aromatic heterocycles. The number of hydrogen-bond donors (Lipinski definition) is 0. The van der Waals surface area contributed by atoms with Crippen LogP contribution in [0.4, 0.5) is 0 Å². The van der Waals surface area contributed by atoms with Crippen molar-refractivity contribution in [2.45, 2.75) is 59.8 Å². The molecule has 0 saturated carbocycles. The van der Waals surface area contributed by atoms with E-state index in [1.807, 2.05) is 0 Å². The smallest absolute Gasteiger partial charge is 0.0178 e. The van der Waals surface area contributed by atoms with Crippen LogP contribution in [0.25, 0.3) is 0 Å². The normalized spacial score (nSPS) is 29.5. The molecule has 25 heavy (non-hydrogen) atoms. The SMILES string of the molecule is CC(C)(C)C1CC2C=C(Br)C=CC2C(C(C)(C)C)c2cc(Br)ccc21. The highest BCUT2D eigenvalue weighted by Gasteiger charge is 2.44. The first-order chi connectivity index (χ1) is 11.5. The van der Waals surface area contributed by atoms with Gasteiger partial charge in [-0.05, 0) is 64.2 Å². The van der Waals surface area contributed by atoms with E-state index >= 15 is 0 Å². The van der Waals surface area contributed by atoms with Crippen LogP contribution in [0, 0.1) is 22.7 Å². The van der Waals surface area contributed by atoms with E-state index in [9.17, 15) is 0 Å². The summed E-state index contributed by atoms with van der Waals surface area (Å²) in [4.78, 5) is 0. The van der Waals surface area contributed by atoms with E-state index in [-0.39, 0.29) is 10.8 Å². The van der Waals surface area contributed by atoms with Gasteiger partial charge < -0.3 is 0 Å². The molecule has 1 aromatic rings. The maximum atomic E-state index is 3.74. The lowest BCUT2D eigenvalue weighted by atomic mass is 9.65. The number of rotatable bonds is 0. The molecule has 0 heterocycles. The fourth-order valence-electron chi connectivity index (χ4n) is 4.90. The molecule has 0 nitrogen and oxygen atoms in total. The highest BCUT2D eigenvalue weighted by atomic mass is 79.9. The van der Waals surface area contributed by atoms with Crippen molar-refractivity contribution in [3.8, 4) is 0 Å². The molecular formula is C23H30Br2. The summed E-state index contributed by atoms with van der Waals surface area (Å²) in [5, 5.41) is 0. The molecule has 4 atom stereocenters. The number of benzene rings is 1. The standard InChI is InChI=1S/C23H30Br2/c1-22(2,3)20-12-14-11-15(24)7-9-17(14)21(23(4,5)6)19-13-16(25)8-10-18(19)20/h7-11,13-14,17,20-21H,12H2,1-6H3. The first kappa shape index (κ1) is 19.4. The van der Waals surface area contributed by atoms with Crippen molar-refractivity contribution in [2.75, 3.05) is 0 Å². The first-order valence-corrected chi connectivity index (χ1v) is 10.9. The summed E-state index contributed by atoms with van der Waals surface area (Å²) in [6.45, 7) is 14.4. The Kier molecular flexibility index (Phi) is 5.19. The Labute approximate surface area is 170 Å². The van der Waals surface area contributed by atoms with Gasteiger partial charge in [-0.15, -0.1) is 0 Å². The quantitative estimate of drug-likeness (QED) is 0.362. The predicted octanol–water partition coefficient (Wildman–Crippen LogP) is 8.19. The Morgan fingerprint density at radius 3 is 2.20 bits per heavy atom. The molecule has 2 heteroatoms. The summed E-state index contributed by atoms with van der Waals surface area (Å²) in [6.07, 6.45) is 8.40. The molecule has 0 spiro atoms. The van der Waals surface area contributed by atoms with Gasteiger partial charge in [-0.3, -0.25) is 0 Å². The molecule has 136 valence electrons. The van der Waals surface area contributed by atoms with Crippen LogP contribution in [0.15, 0.2) is 45.4 Å². The molecule has 0 amide bonds. The largest absolute Gasteiger partial charge is 0.0791 e. The monoisotopic (exact) mass is 464 g/mol. The van der Waals surface area contributed by atoms with Crippen molar-refractivity contribution in [2.24, 2.45) is 22.7 Å². The molecule has 2 aliphatic carbocycles. The van der Waals surface area contributed by atoms with Crippen molar-refractivity contribution in [1.29, 1.82) is 0 Å². The van der Waals surface area contributed by atoms with Gasteiger partial charge in [0, 0.05) is 8.96 Å². The molecule has 0 fully saturated rings.